The lowest BCUT2D eigenvalue weighted by Gasteiger charge is -2.18. The van der Waals surface area contributed by atoms with Gasteiger partial charge in [-0.2, -0.15) is 14.5 Å². The van der Waals surface area contributed by atoms with Crippen LogP contribution in [0.25, 0.3) is 27.9 Å². The zero-order valence-electron chi connectivity index (χ0n) is 21.5. The van der Waals surface area contributed by atoms with Crippen molar-refractivity contribution in [1.29, 1.82) is 0 Å². The number of aromatic nitrogens is 7. The Kier molecular flexibility index (Phi) is 6.87. The van der Waals surface area contributed by atoms with Crippen LogP contribution in [0.15, 0.2) is 79.5 Å². The van der Waals surface area contributed by atoms with E-state index in [4.69, 9.17) is 11.6 Å². The largest absolute Gasteiger partial charge is 0.618 e. The van der Waals surface area contributed by atoms with Gasteiger partial charge in [-0.15, -0.1) is 5.10 Å². The van der Waals surface area contributed by atoms with Crippen molar-refractivity contribution in [2.45, 2.75) is 25.3 Å². The molecule has 1 aliphatic carbocycles. The average molecular weight is 557 g/mol. The molecular weight excluding hydrogens is 532 g/mol. The van der Waals surface area contributed by atoms with E-state index >= 15 is 0 Å². The molecule has 1 N–H and O–H groups in total. The SMILES string of the molecule is COC(=O)Nc1ccc(-c2cnn(C(CC3CC3)c3ccc(-c4ccc(Cl)cc4-n4cnnn4)c[n+]3[O-])c2)cc1. The molecular formula is C28H25ClN8O3. The summed E-state index contributed by atoms with van der Waals surface area (Å²) >= 11 is 6.24. The van der Waals surface area contributed by atoms with E-state index in [2.05, 4.69) is 30.7 Å². The van der Waals surface area contributed by atoms with Crippen LogP contribution in [0.4, 0.5) is 10.5 Å². The Morgan fingerprint density at radius 3 is 2.65 bits per heavy atom. The van der Waals surface area contributed by atoms with Crippen LogP contribution in [0.5, 0.6) is 0 Å². The number of tetrazole rings is 1. The van der Waals surface area contributed by atoms with Crippen molar-refractivity contribution in [1.82, 2.24) is 30.0 Å². The fourth-order valence-corrected chi connectivity index (χ4v) is 4.89. The summed E-state index contributed by atoms with van der Waals surface area (Å²) in [6.45, 7) is 0. The van der Waals surface area contributed by atoms with Crippen molar-refractivity contribution in [2.24, 2.45) is 5.92 Å². The highest BCUT2D eigenvalue weighted by molar-refractivity contribution is 6.30. The number of rotatable bonds is 8. The van der Waals surface area contributed by atoms with E-state index in [1.165, 1.54) is 18.1 Å². The topological polar surface area (TPSA) is 127 Å². The highest BCUT2D eigenvalue weighted by Gasteiger charge is 2.32. The molecule has 0 saturated heterocycles. The van der Waals surface area contributed by atoms with Crippen LogP contribution in [-0.4, -0.2) is 43.2 Å². The van der Waals surface area contributed by atoms with Gasteiger partial charge in [0.1, 0.15) is 12.4 Å². The predicted octanol–water partition coefficient (Wildman–Crippen LogP) is 5.05. The Bertz CT molecular complexity index is 1650. The molecule has 5 aromatic rings. The second kappa shape index (κ2) is 10.8. The smallest absolute Gasteiger partial charge is 0.411 e. The van der Waals surface area contributed by atoms with E-state index in [0.717, 1.165) is 40.7 Å². The number of nitrogens with zero attached hydrogens (tertiary/aromatic N) is 7. The molecule has 3 heterocycles. The normalized spacial score (nSPS) is 13.7. The van der Waals surface area contributed by atoms with Gasteiger partial charge in [-0.3, -0.25) is 10.00 Å². The van der Waals surface area contributed by atoms with E-state index < -0.39 is 6.09 Å². The van der Waals surface area contributed by atoms with Gasteiger partial charge >= 0.3 is 6.09 Å². The van der Waals surface area contributed by atoms with Crippen molar-refractivity contribution in [3.05, 3.63) is 95.4 Å². The van der Waals surface area contributed by atoms with Gasteiger partial charge in [-0.1, -0.05) is 42.6 Å². The Morgan fingerprint density at radius 1 is 1.15 bits per heavy atom. The average Bonchev–Trinajstić information content (AvgIpc) is 3.39. The lowest BCUT2D eigenvalue weighted by Crippen LogP contribution is -2.35. The molecule has 40 heavy (non-hydrogen) atoms. The lowest BCUT2D eigenvalue weighted by molar-refractivity contribution is -0.615. The van der Waals surface area contributed by atoms with Crippen LogP contribution < -0.4 is 10.0 Å². The Balaban J connectivity index is 1.30. The van der Waals surface area contributed by atoms with E-state index in [9.17, 15) is 10.0 Å². The van der Waals surface area contributed by atoms with Crippen molar-refractivity contribution in [3.8, 4) is 27.9 Å². The van der Waals surface area contributed by atoms with Gasteiger partial charge < -0.3 is 9.94 Å². The Morgan fingerprint density at radius 2 is 1.95 bits per heavy atom. The fourth-order valence-electron chi connectivity index (χ4n) is 4.73. The monoisotopic (exact) mass is 556 g/mol. The van der Waals surface area contributed by atoms with Gasteiger partial charge in [-0.05, 0) is 58.7 Å². The summed E-state index contributed by atoms with van der Waals surface area (Å²) < 4.78 is 8.95. The second-order valence-electron chi connectivity index (χ2n) is 9.68. The number of hydrogen-bond acceptors (Lipinski definition) is 7. The Labute approximate surface area is 234 Å². The van der Waals surface area contributed by atoms with Crippen molar-refractivity contribution < 1.29 is 14.3 Å². The lowest BCUT2D eigenvalue weighted by atomic mass is 10.0. The molecule has 0 radical (unpaired) electrons. The maximum absolute atomic E-state index is 13.5. The molecule has 11 nitrogen and oxygen atoms in total. The third-order valence-corrected chi connectivity index (χ3v) is 7.21. The first-order chi connectivity index (χ1) is 19.5. The minimum atomic E-state index is -0.525. The zero-order valence-corrected chi connectivity index (χ0v) is 22.3. The molecule has 2 aromatic carbocycles. The van der Waals surface area contributed by atoms with Gasteiger partial charge in [-0.25, -0.2) is 4.79 Å². The van der Waals surface area contributed by atoms with Crippen LogP contribution in [0.3, 0.4) is 0 Å². The number of benzene rings is 2. The summed E-state index contributed by atoms with van der Waals surface area (Å²) in [5.41, 5.74) is 5.25. The molecule has 1 saturated carbocycles. The van der Waals surface area contributed by atoms with Crippen LogP contribution in [0, 0.1) is 11.1 Å². The fraction of sp³-hybridized carbons (Fsp3) is 0.214. The molecule has 0 bridgehead atoms. The van der Waals surface area contributed by atoms with E-state index in [-0.39, 0.29) is 6.04 Å². The number of carbonyl (C=O) groups excluding carboxylic acids is 1. The summed E-state index contributed by atoms with van der Waals surface area (Å²) in [6.07, 6.45) is 9.40. The highest BCUT2D eigenvalue weighted by atomic mass is 35.5. The minimum absolute atomic E-state index is 0.225. The van der Waals surface area contributed by atoms with Crippen molar-refractivity contribution in [3.63, 3.8) is 0 Å². The Hall–Kier alpha value is -4.77. The number of nitrogens with one attached hydrogen (secondary N) is 1. The predicted molar refractivity (Wildman–Crippen MR) is 148 cm³/mol. The van der Waals surface area contributed by atoms with Gasteiger partial charge in [0.25, 0.3) is 0 Å². The maximum atomic E-state index is 13.5. The molecule has 202 valence electrons. The third-order valence-electron chi connectivity index (χ3n) is 6.98. The summed E-state index contributed by atoms with van der Waals surface area (Å²) in [5, 5.41) is 32.7. The molecule has 6 rings (SSSR count). The molecule has 1 unspecified atom stereocenters. The van der Waals surface area contributed by atoms with Crippen LogP contribution in [-0.2, 0) is 4.74 Å². The molecule has 0 aliphatic heterocycles. The van der Waals surface area contributed by atoms with Crippen molar-refractivity contribution >= 4 is 23.4 Å². The zero-order chi connectivity index (χ0) is 27.6. The highest BCUT2D eigenvalue weighted by Crippen LogP contribution is 2.39. The summed E-state index contributed by atoms with van der Waals surface area (Å²) in [5.74, 6) is 0.559. The third kappa shape index (κ3) is 5.36. The first-order valence-electron chi connectivity index (χ1n) is 12.7. The number of hydrogen-bond donors (Lipinski definition) is 1. The second-order valence-corrected chi connectivity index (χ2v) is 10.1. The number of carbonyl (C=O) groups is 1. The molecule has 12 heteroatoms. The van der Waals surface area contributed by atoms with E-state index in [1.54, 1.807) is 36.7 Å². The number of ether oxygens (including phenoxy) is 1. The maximum Gasteiger partial charge on any atom is 0.411 e. The quantitative estimate of drug-likeness (QED) is 0.209. The molecule has 3 aromatic heterocycles. The molecule has 1 amide bonds. The standard InChI is InChI=1S/C28H25ClN8O3/c1-40-28(38)32-23-8-4-19(5-9-23)21-14-31-35(15-21)27(12-18-2-3-18)25-11-6-20(16-37(25)39)24-10-7-22(29)13-26(24)36-17-30-33-34-36/h4-11,13-18,27H,2-3,12H2,1H3,(H,32,38). The minimum Gasteiger partial charge on any atom is -0.618 e. The summed E-state index contributed by atoms with van der Waals surface area (Å²) in [4.78, 5) is 11.5. The number of amides is 1. The van der Waals surface area contributed by atoms with Crippen LogP contribution >= 0.6 is 11.6 Å². The van der Waals surface area contributed by atoms with Crippen LogP contribution in [0.2, 0.25) is 5.02 Å². The molecule has 0 spiro atoms. The number of methoxy groups -OCH3 is 1. The molecule has 1 atom stereocenters. The molecule has 1 aliphatic rings. The first-order valence-corrected chi connectivity index (χ1v) is 13.1. The molecule has 1 fully saturated rings. The van der Waals surface area contributed by atoms with Gasteiger partial charge in [0, 0.05) is 39.7 Å². The summed E-state index contributed by atoms with van der Waals surface area (Å²) in [7, 11) is 1.32. The number of halogens is 1. The van der Waals surface area contributed by atoms with Gasteiger partial charge in [0.05, 0.1) is 19.0 Å². The van der Waals surface area contributed by atoms with E-state index in [0.29, 0.717) is 33.6 Å². The number of anilines is 1. The van der Waals surface area contributed by atoms with Crippen LogP contribution in [0.1, 0.15) is 31.0 Å². The first kappa shape index (κ1) is 25.5. The van der Waals surface area contributed by atoms with Gasteiger partial charge in [0.15, 0.2) is 6.20 Å². The van der Waals surface area contributed by atoms with E-state index in [1.807, 2.05) is 41.2 Å². The van der Waals surface area contributed by atoms with Gasteiger partial charge in [0.2, 0.25) is 5.69 Å². The number of pyridine rings is 1. The summed E-state index contributed by atoms with van der Waals surface area (Å²) in [6, 6.07) is 16.4. The van der Waals surface area contributed by atoms with Crippen molar-refractivity contribution in [2.75, 3.05) is 12.4 Å².